The lowest BCUT2D eigenvalue weighted by molar-refractivity contribution is 0.0945. The van der Waals surface area contributed by atoms with Crippen LogP contribution < -0.4 is 11.1 Å². The first-order chi connectivity index (χ1) is 8.04. The highest BCUT2D eigenvalue weighted by Gasteiger charge is 2.15. The van der Waals surface area contributed by atoms with Gasteiger partial charge in [-0.2, -0.15) is 0 Å². The first-order valence-electron chi connectivity index (χ1n) is 5.40. The predicted molar refractivity (Wildman–Crippen MR) is 74.4 cm³/mol. The van der Waals surface area contributed by atoms with E-state index in [2.05, 4.69) is 5.32 Å². The maximum atomic E-state index is 11.9. The van der Waals surface area contributed by atoms with Gasteiger partial charge in [-0.15, -0.1) is 0 Å². The van der Waals surface area contributed by atoms with Crippen molar-refractivity contribution in [3.63, 3.8) is 0 Å². The minimum atomic E-state index is -0.252. The van der Waals surface area contributed by atoms with Crippen molar-refractivity contribution in [1.29, 1.82) is 0 Å². The van der Waals surface area contributed by atoms with Gasteiger partial charge in [-0.1, -0.05) is 37.2 Å². The molecule has 0 saturated carbocycles. The molecule has 1 rings (SSSR count). The number of hydrogen-bond donors (Lipinski definition) is 2. The topological polar surface area (TPSA) is 55.1 Å². The zero-order valence-corrected chi connectivity index (χ0v) is 11.1. The molecule has 3 nitrogen and oxygen atoms in total. The van der Waals surface area contributed by atoms with Crippen LogP contribution in [0.3, 0.4) is 0 Å². The molecule has 1 amide bonds. The summed E-state index contributed by atoms with van der Waals surface area (Å²) in [5.74, 6) is -0.187. The molecule has 92 valence electrons. The third-order valence-electron chi connectivity index (χ3n) is 2.33. The summed E-state index contributed by atoms with van der Waals surface area (Å²) in [4.78, 5) is 12.2. The number of carbonyl (C=O) groups excluding carboxylic acids is 1. The van der Waals surface area contributed by atoms with Gasteiger partial charge in [-0.05, 0) is 30.7 Å². The van der Waals surface area contributed by atoms with E-state index < -0.39 is 0 Å². The maximum Gasteiger partial charge on any atom is 0.251 e. The molecule has 0 heterocycles. The van der Waals surface area contributed by atoms with Crippen molar-refractivity contribution >= 4 is 34.7 Å². The van der Waals surface area contributed by atoms with Gasteiger partial charge in [0.05, 0.1) is 11.0 Å². The molecule has 0 bridgehead atoms. The van der Waals surface area contributed by atoms with E-state index in [9.17, 15) is 4.79 Å². The van der Waals surface area contributed by atoms with Crippen LogP contribution in [0, 0.1) is 0 Å². The molecular formula is C12H15ClN2OS. The number of carbonyl (C=O) groups is 1. The number of nitrogens with two attached hydrogens (primary N) is 1. The molecule has 0 aliphatic carbocycles. The second-order valence-corrected chi connectivity index (χ2v) is 4.63. The Hall–Kier alpha value is -1.13. The first-order valence-corrected chi connectivity index (χ1v) is 6.19. The van der Waals surface area contributed by atoms with E-state index >= 15 is 0 Å². The summed E-state index contributed by atoms with van der Waals surface area (Å²) in [5, 5.41) is 3.40. The Morgan fingerprint density at radius 3 is 2.53 bits per heavy atom. The van der Waals surface area contributed by atoms with Gasteiger partial charge in [0, 0.05) is 10.6 Å². The van der Waals surface area contributed by atoms with Gasteiger partial charge in [0.2, 0.25) is 0 Å². The van der Waals surface area contributed by atoms with Gasteiger partial charge in [-0.25, -0.2) is 0 Å². The van der Waals surface area contributed by atoms with Gasteiger partial charge < -0.3 is 11.1 Å². The highest BCUT2D eigenvalue weighted by Crippen LogP contribution is 2.10. The van der Waals surface area contributed by atoms with E-state index in [4.69, 9.17) is 29.6 Å². The zero-order chi connectivity index (χ0) is 12.8. The van der Waals surface area contributed by atoms with Gasteiger partial charge in [0.15, 0.2) is 0 Å². The Morgan fingerprint density at radius 2 is 2.06 bits per heavy atom. The number of nitrogens with one attached hydrogen (secondary N) is 1. The van der Waals surface area contributed by atoms with Crippen LogP contribution in [-0.4, -0.2) is 16.9 Å². The lowest BCUT2D eigenvalue weighted by Gasteiger charge is -2.16. The lowest BCUT2D eigenvalue weighted by Crippen LogP contribution is -2.43. The lowest BCUT2D eigenvalue weighted by atomic mass is 10.1. The van der Waals surface area contributed by atoms with Crippen molar-refractivity contribution in [3.8, 4) is 0 Å². The maximum absolute atomic E-state index is 11.9. The van der Waals surface area contributed by atoms with Crippen LogP contribution in [0.1, 0.15) is 30.1 Å². The molecule has 1 unspecified atom stereocenters. The first kappa shape index (κ1) is 13.9. The Balaban J connectivity index is 2.70. The van der Waals surface area contributed by atoms with Crippen LogP contribution in [0.2, 0.25) is 5.02 Å². The van der Waals surface area contributed by atoms with Gasteiger partial charge >= 0.3 is 0 Å². The number of hydrogen-bond acceptors (Lipinski definition) is 2. The molecular weight excluding hydrogens is 256 g/mol. The van der Waals surface area contributed by atoms with E-state index in [1.54, 1.807) is 24.3 Å². The third-order valence-corrected chi connectivity index (χ3v) is 2.87. The minimum absolute atomic E-state index is 0.187. The average molecular weight is 271 g/mol. The average Bonchev–Trinajstić information content (AvgIpc) is 2.29. The van der Waals surface area contributed by atoms with Crippen molar-refractivity contribution in [1.82, 2.24) is 5.32 Å². The molecule has 3 N–H and O–H groups in total. The van der Waals surface area contributed by atoms with Gasteiger partial charge in [0.25, 0.3) is 5.91 Å². The zero-order valence-electron chi connectivity index (χ0n) is 9.57. The van der Waals surface area contributed by atoms with Crippen molar-refractivity contribution in [2.75, 3.05) is 0 Å². The summed E-state index contributed by atoms with van der Waals surface area (Å²) >= 11 is 10.7. The molecule has 17 heavy (non-hydrogen) atoms. The second-order valence-electron chi connectivity index (χ2n) is 3.72. The smallest absolute Gasteiger partial charge is 0.251 e. The number of benzene rings is 1. The molecule has 0 saturated heterocycles. The normalized spacial score (nSPS) is 11.9. The minimum Gasteiger partial charge on any atom is -0.392 e. The number of rotatable bonds is 5. The number of halogens is 1. The van der Waals surface area contributed by atoms with E-state index in [1.807, 2.05) is 6.92 Å². The van der Waals surface area contributed by atoms with E-state index in [-0.39, 0.29) is 11.9 Å². The molecule has 0 aromatic heterocycles. The predicted octanol–water partition coefficient (Wildman–Crippen LogP) is 2.52. The third kappa shape index (κ3) is 4.32. The van der Waals surface area contributed by atoms with E-state index in [1.165, 1.54) is 0 Å². The molecule has 1 aromatic carbocycles. The summed E-state index contributed by atoms with van der Waals surface area (Å²) in [6.45, 7) is 2.01. The SMILES string of the molecule is CCCC(NC(=O)c1ccc(Cl)cc1)C(N)=S. The van der Waals surface area contributed by atoms with Gasteiger partial charge in [-0.3, -0.25) is 4.79 Å². The van der Waals surface area contributed by atoms with Crippen LogP contribution in [0.5, 0.6) is 0 Å². The highest BCUT2D eigenvalue weighted by atomic mass is 35.5. The molecule has 5 heteroatoms. The molecule has 1 aromatic rings. The summed E-state index contributed by atoms with van der Waals surface area (Å²) in [6, 6.07) is 6.43. The Labute approximate surface area is 111 Å². The molecule has 0 radical (unpaired) electrons. The molecule has 0 aliphatic heterocycles. The second kappa shape index (κ2) is 6.57. The fraction of sp³-hybridized carbons (Fsp3) is 0.333. The standard InChI is InChI=1S/C12H15ClN2OS/c1-2-3-10(11(14)17)15-12(16)8-4-6-9(13)7-5-8/h4-7,10H,2-3H2,1H3,(H2,14,17)(H,15,16). The van der Waals surface area contributed by atoms with E-state index in [0.717, 1.165) is 12.8 Å². The Kier molecular flexibility index (Phi) is 5.38. The van der Waals surface area contributed by atoms with Crippen LogP contribution in [0.25, 0.3) is 0 Å². The number of amides is 1. The monoisotopic (exact) mass is 270 g/mol. The van der Waals surface area contributed by atoms with Crippen LogP contribution in [0.15, 0.2) is 24.3 Å². The molecule has 0 aliphatic rings. The molecule has 0 fully saturated rings. The van der Waals surface area contributed by atoms with Crippen LogP contribution >= 0.6 is 23.8 Å². The molecule has 1 atom stereocenters. The Morgan fingerprint density at radius 1 is 1.47 bits per heavy atom. The number of thiocarbonyl (C=S) groups is 1. The largest absolute Gasteiger partial charge is 0.392 e. The van der Waals surface area contributed by atoms with E-state index in [0.29, 0.717) is 15.6 Å². The summed E-state index contributed by atoms with van der Waals surface area (Å²) in [7, 11) is 0. The van der Waals surface area contributed by atoms with Crippen molar-refractivity contribution < 1.29 is 4.79 Å². The van der Waals surface area contributed by atoms with Crippen LogP contribution in [0.4, 0.5) is 0 Å². The quantitative estimate of drug-likeness (QED) is 0.809. The van der Waals surface area contributed by atoms with Crippen molar-refractivity contribution in [2.24, 2.45) is 5.73 Å². The van der Waals surface area contributed by atoms with Gasteiger partial charge in [0.1, 0.15) is 0 Å². The summed E-state index contributed by atoms with van der Waals surface area (Å²) < 4.78 is 0. The van der Waals surface area contributed by atoms with Crippen LogP contribution in [-0.2, 0) is 0 Å². The Bertz CT molecular complexity index is 405. The van der Waals surface area contributed by atoms with Crippen molar-refractivity contribution in [3.05, 3.63) is 34.9 Å². The summed E-state index contributed by atoms with van der Waals surface area (Å²) in [6.07, 6.45) is 1.65. The molecule has 0 spiro atoms. The fourth-order valence-electron chi connectivity index (χ4n) is 1.42. The van der Waals surface area contributed by atoms with Crippen molar-refractivity contribution in [2.45, 2.75) is 25.8 Å². The summed E-state index contributed by atoms with van der Waals surface area (Å²) in [5.41, 5.74) is 6.12. The highest BCUT2D eigenvalue weighted by molar-refractivity contribution is 7.80. The fourth-order valence-corrected chi connectivity index (χ4v) is 1.72.